The summed E-state index contributed by atoms with van der Waals surface area (Å²) in [6, 6.07) is 0. The Labute approximate surface area is 92.5 Å². The van der Waals surface area contributed by atoms with E-state index >= 15 is 0 Å². The van der Waals surface area contributed by atoms with E-state index in [0.717, 1.165) is 4.57 Å². The molecule has 0 N–H and O–H groups in total. The van der Waals surface area contributed by atoms with Crippen molar-refractivity contribution in [1.82, 2.24) is 4.57 Å². The van der Waals surface area contributed by atoms with E-state index in [2.05, 4.69) is 0 Å². The Balaban J connectivity index is 2.78. The molecule has 2 nitrogen and oxygen atoms in total. The number of aromatic nitrogens is 2. The molecular weight excluding hydrogens is 243 g/mol. The quantitative estimate of drug-likeness (QED) is 0.316. The van der Waals surface area contributed by atoms with Crippen molar-refractivity contribution in [1.29, 1.82) is 0 Å². The fraction of sp³-hybridized carbons (Fsp3) is 0.100. The first-order valence-corrected chi connectivity index (χ1v) is 4.48. The Morgan fingerprint density at radius 3 is 1.76 bits per heavy atom. The predicted octanol–water partition coefficient (Wildman–Crippen LogP) is 2.00. The first-order valence-electron chi connectivity index (χ1n) is 4.48. The minimum atomic E-state index is -2.17. The second kappa shape index (κ2) is 3.83. The highest BCUT2D eigenvalue weighted by Gasteiger charge is 2.29. The zero-order valence-electron chi connectivity index (χ0n) is 8.52. The molecule has 0 aliphatic heterocycles. The van der Waals surface area contributed by atoms with E-state index in [1.54, 1.807) is 7.05 Å². The Kier molecular flexibility index (Phi) is 2.60. The standard InChI is InChI=1S/C10H6F5N2/c1-16-2-3-17(4-16)10-8(14)6(12)5(11)7(13)9(10)15/h2-4H,1H3/q+1. The largest absolute Gasteiger partial charge is 0.248 e. The monoisotopic (exact) mass is 249 g/mol. The van der Waals surface area contributed by atoms with E-state index in [0.29, 0.717) is 0 Å². The van der Waals surface area contributed by atoms with Crippen LogP contribution in [0.4, 0.5) is 22.0 Å². The van der Waals surface area contributed by atoms with E-state index in [1.165, 1.54) is 23.3 Å². The summed E-state index contributed by atoms with van der Waals surface area (Å²) in [6.07, 6.45) is 3.76. The number of hydrogen-bond donors (Lipinski definition) is 0. The molecule has 0 amide bonds. The molecule has 1 aromatic heterocycles. The summed E-state index contributed by atoms with van der Waals surface area (Å²) in [5, 5.41) is 0. The highest BCUT2D eigenvalue weighted by atomic mass is 19.2. The second-order valence-electron chi connectivity index (χ2n) is 3.40. The average molecular weight is 249 g/mol. The lowest BCUT2D eigenvalue weighted by Gasteiger charge is -2.03. The van der Waals surface area contributed by atoms with Crippen molar-refractivity contribution in [2.45, 2.75) is 0 Å². The summed E-state index contributed by atoms with van der Waals surface area (Å²) in [7, 11) is 1.54. The van der Waals surface area contributed by atoms with Crippen LogP contribution in [0.2, 0.25) is 0 Å². The van der Waals surface area contributed by atoms with Gasteiger partial charge >= 0.3 is 0 Å². The number of hydrogen-bond acceptors (Lipinski definition) is 0. The van der Waals surface area contributed by atoms with E-state index < -0.39 is 34.8 Å². The number of halogens is 5. The molecule has 1 heterocycles. The molecule has 0 atom stereocenters. The van der Waals surface area contributed by atoms with Crippen molar-refractivity contribution in [3.8, 4) is 5.69 Å². The van der Waals surface area contributed by atoms with Crippen LogP contribution >= 0.6 is 0 Å². The zero-order chi connectivity index (χ0) is 12.7. The van der Waals surface area contributed by atoms with Gasteiger partial charge in [-0.3, -0.25) is 0 Å². The lowest BCUT2D eigenvalue weighted by molar-refractivity contribution is -0.670. The summed E-state index contributed by atoms with van der Waals surface area (Å²) in [6.45, 7) is 0. The van der Waals surface area contributed by atoms with Gasteiger partial charge in [0.05, 0.1) is 7.05 Å². The van der Waals surface area contributed by atoms with Crippen LogP contribution in [0, 0.1) is 29.1 Å². The molecule has 0 saturated heterocycles. The topological polar surface area (TPSA) is 8.81 Å². The Hall–Kier alpha value is -1.92. The van der Waals surface area contributed by atoms with Crippen molar-refractivity contribution < 1.29 is 26.5 Å². The minimum Gasteiger partial charge on any atom is -0.239 e. The molecule has 17 heavy (non-hydrogen) atoms. The molecule has 7 heteroatoms. The SMILES string of the molecule is C[n+]1ccn(-c2c(F)c(F)c(F)c(F)c2F)c1. The third-order valence-electron chi connectivity index (χ3n) is 2.21. The van der Waals surface area contributed by atoms with Gasteiger partial charge in [-0.1, -0.05) is 0 Å². The van der Waals surface area contributed by atoms with Gasteiger partial charge < -0.3 is 0 Å². The van der Waals surface area contributed by atoms with Crippen LogP contribution in [0.15, 0.2) is 18.7 Å². The van der Waals surface area contributed by atoms with Gasteiger partial charge in [-0.2, -0.15) is 13.3 Å². The van der Waals surface area contributed by atoms with Gasteiger partial charge in [0.25, 0.3) is 0 Å². The van der Waals surface area contributed by atoms with E-state index in [4.69, 9.17) is 0 Å². The van der Waals surface area contributed by atoms with Crippen molar-refractivity contribution in [3.63, 3.8) is 0 Å². The van der Waals surface area contributed by atoms with Crippen LogP contribution in [-0.2, 0) is 7.05 Å². The first kappa shape index (κ1) is 11.6. The van der Waals surface area contributed by atoms with Gasteiger partial charge in [0.2, 0.25) is 41.1 Å². The number of aryl methyl sites for hydroxylation is 1. The molecule has 0 bridgehead atoms. The minimum absolute atomic E-state index is 0.816. The van der Waals surface area contributed by atoms with E-state index in [9.17, 15) is 22.0 Å². The van der Waals surface area contributed by atoms with Gasteiger partial charge in [-0.05, 0) is 0 Å². The molecule has 0 unspecified atom stereocenters. The third kappa shape index (κ3) is 1.67. The molecule has 90 valence electrons. The van der Waals surface area contributed by atoms with Crippen LogP contribution in [-0.4, -0.2) is 4.57 Å². The summed E-state index contributed by atoms with van der Waals surface area (Å²) in [5.41, 5.74) is -0.998. The molecular formula is C10H6F5N2+. The van der Waals surface area contributed by atoms with Gasteiger partial charge in [-0.15, -0.1) is 0 Å². The lowest BCUT2D eigenvalue weighted by Crippen LogP contribution is -2.24. The predicted molar refractivity (Wildman–Crippen MR) is 46.7 cm³/mol. The lowest BCUT2D eigenvalue weighted by atomic mass is 10.2. The molecule has 0 spiro atoms. The van der Waals surface area contributed by atoms with E-state index in [1.807, 2.05) is 0 Å². The van der Waals surface area contributed by atoms with Crippen molar-refractivity contribution in [2.75, 3.05) is 0 Å². The second-order valence-corrected chi connectivity index (χ2v) is 3.40. The maximum absolute atomic E-state index is 13.3. The Bertz CT molecular complexity index is 562. The highest BCUT2D eigenvalue weighted by molar-refractivity contribution is 5.37. The van der Waals surface area contributed by atoms with Crippen molar-refractivity contribution in [3.05, 3.63) is 47.8 Å². The fourth-order valence-electron chi connectivity index (χ4n) is 1.40. The summed E-state index contributed by atoms with van der Waals surface area (Å²) >= 11 is 0. The van der Waals surface area contributed by atoms with Crippen LogP contribution < -0.4 is 4.57 Å². The summed E-state index contributed by atoms with van der Waals surface area (Å²) in [4.78, 5) is 0. The van der Waals surface area contributed by atoms with E-state index in [-0.39, 0.29) is 0 Å². The van der Waals surface area contributed by atoms with Gasteiger partial charge in [0.1, 0.15) is 12.4 Å². The van der Waals surface area contributed by atoms with Gasteiger partial charge in [-0.25, -0.2) is 17.7 Å². The fourth-order valence-corrected chi connectivity index (χ4v) is 1.40. The maximum Gasteiger partial charge on any atom is 0.248 e. The third-order valence-corrected chi connectivity index (χ3v) is 2.21. The summed E-state index contributed by atoms with van der Waals surface area (Å²) in [5.74, 6) is -9.82. The zero-order valence-corrected chi connectivity index (χ0v) is 8.52. The van der Waals surface area contributed by atoms with Crippen LogP contribution in [0.1, 0.15) is 0 Å². The Morgan fingerprint density at radius 1 is 0.882 bits per heavy atom. The normalized spacial score (nSPS) is 10.9. The molecule has 2 aromatic rings. The van der Waals surface area contributed by atoms with Crippen LogP contribution in [0.5, 0.6) is 0 Å². The number of rotatable bonds is 1. The molecule has 0 aliphatic rings. The van der Waals surface area contributed by atoms with Crippen molar-refractivity contribution >= 4 is 0 Å². The Morgan fingerprint density at radius 2 is 1.35 bits per heavy atom. The van der Waals surface area contributed by atoms with Crippen LogP contribution in [0.25, 0.3) is 5.69 Å². The van der Waals surface area contributed by atoms with Crippen LogP contribution in [0.3, 0.4) is 0 Å². The number of benzene rings is 1. The molecule has 0 aliphatic carbocycles. The number of imidazole rings is 1. The molecule has 0 radical (unpaired) electrons. The van der Waals surface area contributed by atoms with Crippen molar-refractivity contribution in [2.24, 2.45) is 7.05 Å². The molecule has 0 saturated carbocycles. The van der Waals surface area contributed by atoms with Gasteiger partial charge in [0, 0.05) is 0 Å². The highest BCUT2D eigenvalue weighted by Crippen LogP contribution is 2.25. The molecule has 1 aromatic carbocycles. The van der Waals surface area contributed by atoms with Gasteiger partial charge in [0.15, 0.2) is 0 Å². The smallest absolute Gasteiger partial charge is 0.239 e. The average Bonchev–Trinajstić information content (AvgIpc) is 2.71. The molecule has 2 rings (SSSR count). The molecule has 0 fully saturated rings. The maximum atomic E-state index is 13.3. The number of nitrogens with zero attached hydrogens (tertiary/aromatic N) is 2. The first-order chi connectivity index (χ1) is 7.93. The summed E-state index contributed by atoms with van der Waals surface area (Å²) < 4.78 is 67.5.